The van der Waals surface area contributed by atoms with Gasteiger partial charge in [0.15, 0.2) is 35.0 Å². The number of carbonyl (C=O) groups is 1. The lowest BCUT2D eigenvalue weighted by atomic mass is 9.99. The highest BCUT2D eigenvalue weighted by Crippen LogP contribution is 2.35. The molecule has 36 heavy (non-hydrogen) atoms. The molecular weight excluding hydrogens is 484 g/mol. The zero-order valence-electron chi connectivity index (χ0n) is 19.1. The Morgan fingerprint density at radius 1 is 0.972 bits per heavy atom. The normalized spacial score (nSPS) is 24.8. The van der Waals surface area contributed by atoms with Gasteiger partial charge in [-0.1, -0.05) is 6.07 Å². The van der Waals surface area contributed by atoms with Crippen molar-refractivity contribution in [1.82, 2.24) is 0 Å². The van der Waals surface area contributed by atoms with Crippen molar-refractivity contribution in [1.29, 1.82) is 0 Å². The van der Waals surface area contributed by atoms with Gasteiger partial charge in [-0.25, -0.2) is 4.79 Å². The molecule has 1 saturated heterocycles. The van der Waals surface area contributed by atoms with E-state index >= 15 is 0 Å². The number of esters is 1. The first-order valence-electron chi connectivity index (χ1n) is 10.8. The molecule has 0 aromatic heterocycles. The molecule has 0 spiro atoms. The Hall–Kier alpha value is -3.33. The maximum atomic E-state index is 12.3. The van der Waals surface area contributed by atoms with Crippen LogP contribution in [0.2, 0.25) is 0 Å². The largest absolute Gasteiger partial charge is 0.504 e. The summed E-state index contributed by atoms with van der Waals surface area (Å²) in [6, 6.07) is 6.20. The molecule has 13 nitrogen and oxygen atoms in total. The molecule has 1 aliphatic heterocycles. The fraction of sp³-hybridized carbons (Fsp3) is 0.435. The smallest absolute Gasteiger partial charge is 0.338 e. The lowest BCUT2D eigenvalue weighted by Gasteiger charge is -2.41. The van der Waals surface area contributed by atoms with Crippen LogP contribution in [0.3, 0.4) is 0 Å². The summed E-state index contributed by atoms with van der Waals surface area (Å²) in [5.41, 5.74) is 0.298. The summed E-state index contributed by atoms with van der Waals surface area (Å²) >= 11 is 0. The zero-order valence-corrected chi connectivity index (χ0v) is 19.1. The minimum atomic E-state index is -1.75. The van der Waals surface area contributed by atoms with Gasteiger partial charge in [-0.15, -0.1) is 0 Å². The molecule has 1 aliphatic rings. The van der Waals surface area contributed by atoms with Gasteiger partial charge in [0.2, 0.25) is 0 Å². The van der Waals surface area contributed by atoms with Gasteiger partial charge < -0.3 is 59.8 Å². The first kappa shape index (κ1) is 27.3. The Kier molecular flexibility index (Phi) is 8.79. The highest BCUT2D eigenvalue weighted by atomic mass is 16.7. The summed E-state index contributed by atoms with van der Waals surface area (Å²) < 4.78 is 21.2. The van der Waals surface area contributed by atoms with Crippen molar-refractivity contribution in [3.8, 4) is 28.7 Å². The molecule has 198 valence electrons. The predicted molar refractivity (Wildman–Crippen MR) is 119 cm³/mol. The van der Waals surface area contributed by atoms with E-state index in [4.69, 9.17) is 18.9 Å². The maximum absolute atomic E-state index is 12.3. The Morgan fingerprint density at radius 2 is 1.64 bits per heavy atom. The monoisotopic (exact) mass is 512 g/mol. The number of hydrogen-bond donors (Lipinski definition) is 8. The van der Waals surface area contributed by atoms with Crippen LogP contribution in [0, 0.1) is 0 Å². The maximum Gasteiger partial charge on any atom is 0.338 e. The van der Waals surface area contributed by atoms with Gasteiger partial charge >= 0.3 is 5.97 Å². The van der Waals surface area contributed by atoms with Gasteiger partial charge in [0.25, 0.3) is 0 Å². The highest BCUT2D eigenvalue weighted by Gasteiger charge is 2.45. The van der Waals surface area contributed by atoms with Gasteiger partial charge in [0, 0.05) is 6.42 Å². The van der Waals surface area contributed by atoms with E-state index < -0.39 is 73.2 Å². The number of carbonyl (C=O) groups excluding carboxylic acids is 1. The van der Waals surface area contributed by atoms with Crippen LogP contribution in [-0.2, 0) is 20.6 Å². The predicted octanol–water partition coefficient (Wildman–Crippen LogP) is -0.898. The zero-order chi connectivity index (χ0) is 26.6. The van der Waals surface area contributed by atoms with Gasteiger partial charge in [0.1, 0.15) is 31.0 Å². The van der Waals surface area contributed by atoms with Crippen molar-refractivity contribution in [2.45, 2.75) is 43.2 Å². The average molecular weight is 512 g/mol. The number of phenolic OH excluding ortho intramolecular Hbond substituents is 4. The second kappa shape index (κ2) is 11.6. The Balaban J connectivity index is 1.66. The molecule has 1 fully saturated rings. The highest BCUT2D eigenvalue weighted by molar-refractivity contribution is 5.91. The van der Waals surface area contributed by atoms with Crippen LogP contribution in [-0.4, -0.2) is 104 Å². The molecule has 13 heteroatoms. The third kappa shape index (κ3) is 6.07. The molecule has 0 radical (unpaired) electrons. The topological polar surface area (TPSA) is 216 Å². The molecule has 6 atom stereocenters. The second-order valence-corrected chi connectivity index (χ2v) is 8.13. The van der Waals surface area contributed by atoms with Gasteiger partial charge in [-0.2, -0.15) is 0 Å². The molecule has 2 aromatic rings. The van der Waals surface area contributed by atoms with Crippen molar-refractivity contribution in [2.24, 2.45) is 0 Å². The number of hydrogen-bond acceptors (Lipinski definition) is 13. The number of methoxy groups -OCH3 is 1. The third-order valence-electron chi connectivity index (χ3n) is 5.59. The molecule has 1 heterocycles. The number of phenols is 4. The first-order chi connectivity index (χ1) is 17.0. The summed E-state index contributed by atoms with van der Waals surface area (Å²) in [7, 11) is 1.37. The van der Waals surface area contributed by atoms with E-state index in [9.17, 15) is 45.6 Å². The molecular formula is C23H28O13. The van der Waals surface area contributed by atoms with Crippen LogP contribution < -0.4 is 4.74 Å². The lowest BCUT2D eigenvalue weighted by Crippen LogP contribution is -2.60. The van der Waals surface area contributed by atoms with Gasteiger partial charge in [0.05, 0.1) is 25.4 Å². The molecule has 8 N–H and O–H groups in total. The molecule has 0 aliphatic carbocycles. The van der Waals surface area contributed by atoms with E-state index in [1.165, 1.54) is 19.2 Å². The van der Waals surface area contributed by atoms with Crippen LogP contribution in [0.4, 0.5) is 0 Å². The van der Waals surface area contributed by atoms with Gasteiger partial charge in [-0.05, 0) is 29.8 Å². The molecule has 2 aromatic carbocycles. The van der Waals surface area contributed by atoms with Crippen molar-refractivity contribution < 1.29 is 64.6 Å². The number of rotatable bonds is 9. The molecule has 0 amide bonds. The van der Waals surface area contributed by atoms with Crippen LogP contribution in [0.15, 0.2) is 30.3 Å². The van der Waals surface area contributed by atoms with Gasteiger partial charge in [-0.3, -0.25) is 0 Å². The SMILES string of the molecule is COc1cc(C[C@@H](CO)O[C@@H]2O[C@H](COC(=O)c3cc(O)c(O)c(O)c3)[C@@H](O)[C@H](O)[C@H]2O)ccc1O. The van der Waals surface area contributed by atoms with E-state index in [1.807, 2.05) is 0 Å². The average Bonchev–Trinajstić information content (AvgIpc) is 2.86. The lowest BCUT2D eigenvalue weighted by molar-refractivity contribution is -0.312. The van der Waals surface area contributed by atoms with E-state index in [1.54, 1.807) is 6.07 Å². The summed E-state index contributed by atoms with van der Waals surface area (Å²) in [6.07, 6.45) is -8.85. The minimum Gasteiger partial charge on any atom is -0.504 e. The summed E-state index contributed by atoms with van der Waals surface area (Å²) in [5.74, 6) is -3.27. The van der Waals surface area contributed by atoms with Crippen LogP contribution in [0.5, 0.6) is 28.7 Å². The van der Waals surface area contributed by atoms with Crippen LogP contribution >= 0.6 is 0 Å². The minimum absolute atomic E-state index is 0.0824. The summed E-state index contributed by atoms with van der Waals surface area (Å²) in [5, 5.41) is 78.8. The number of benzene rings is 2. The fourth-order valence-electron chi connectivity index (χ4n) is 3.59. The Morgan fingerprint density at radius 3 is 2.25 bits per heavy atom. The standard InChI is InChI=1S/C23H28O13/c1-33-16-5-10(2-3-13(16)25)4-12(8-24)35-23-21(31)20(30)19(29)17(36-23)9-34-22(32)11-6-14(26)18(28)15(27)7-11/h2-3,5-7,12,17,19-21,23-31H,4,8-9H2,1H3/t12-,17+,19+,20-,21+,23+/m0/s1. The molecule has 0 bridgehead atoms. The second-order valence-electron chi connectivity index (χ2n) is 8.13. The van der Waals surface area contributed by atoms with E-state index in [-0.39, 0.29) is 23.5 Å². The van der Waals surface area contributed by atoms with E-state index in [0.29, 0.717) is 5.56 Å². The fourth-order valence-corrected chi connectivity index (χ4v) is 3.59. The van der Waals surface area contributed by atoms with Crippen LogP contribution in [0.25, 0.3) is 0 Å². The number of aliphatic hydroxyl groups is 4. The number of ether oxygens (including phenoxy) is 4. The van der Waals surface area contributed by atoms with Crippen molar-refractivity contribution in [3.05, 3.63) is 41.5 Å². The third-order valence-corrected chi connectivity index (χ3v) is 5.59. The van der Waals surface area contributed by atoms with Crippen molar-refractivity contribution in [2.75, 3.05) is 20.3 Å². The van der Waals surface area contributed by atoms with Crippen molar-refractivity contribution in [3.63, 3.8) is 0 Å². The molecule has 0 unspecified atom stereocenters. The summed E-state index contributed by atoms with van der Waals surface area (Å²) in [4.78, 5) is 12.3. The quantitative estimate of drug-likeness (QED) is 0.151. The van der Waals surface area contributed by atoms with E-state index in [0.717, 1.165) is 12.1 Å². The Bertz CT molecular complexity index is 1040. The number of aliphatic hydroxyl groups excluding tert-OH is 4. The van der Waals surface area contributed by atoms with Crippen LogP contribution in [0.1, 0.15) is 15.9 Å². The molecule has 0 saturated carbocycles. The Labute approximate surface area is 204 Å². The molecule has 3 rings (SSSR count). The first-order valence-corrected chi connectivity index (χ1v) is 10.8. The van der Waals surface area contributed by atoms with Crippen molar-refractivity contribution >= 4 is 5.97 Å². The number of aromatic hydroxyl groups is 4. The van der Waals surface area contributed by atoms with E-state index in [2.05, 4.69) is 0 Å². The summed E-state index contributed by atoms with van der Waals surface area (Å²) in [6.45, 7) is -1.13.